The van der Waals surface area contributed by atoms with E-state index in [0.29, 0.717) is 33.4 Å². The highest BCUT2D eigenvalue weighted by molar-refractivity contribution is 5.82. The minimum Gasteiger partial charge on any atom is -0.206 e. The summed E-state index contributed by atoms with van der Waals surface area (Å²) in [6.07, 6.45) is 0. The van der Waals surface area contributed by atoms with E-state index in [1.807, 2.05) is 13.0 Å². The molecular weight excluding hydrogens is 357 g/mol. The molecule has 0 aliphatic heterocycles. The fourth-order valence-electron chi connectivity index (χ4n) is 3.47. The van der Waals surface area contributed by atoms with Crippen molar-refractivity contribution in [3.05, 3.63) is 108 Å². The Balaban J connectivity index is 2.02. The molecule has 28 heavy (non-hydrogen) atoms. The zero-order valence-corrected chi connectivity index (χ0v) is 15.2. The van der Waals surface area contributed by atoms with Crippen LogP contribution in [-0.2, 0) is 0 Å². The van der Waals surface area contributed by atoms with Crippen LogP contribution in [0.2, 0.25) is 0 Å². The number of benzene rings is 4. The van der Waals surface area contributed by atoms with Crippen molar-refractivity contribution in [3.8, 4) is 33.4 Å². The van der Waals surface area contributed by atoms with Crippen molar-refractivity contribution in [3.63, 3.8) is 0 Å². The molecule has 0 atom stereocenters. The summed E-state index contributed by atoms with van der Waals surface area (Å²) in [4.78, 5) is 0. The van der Waals surface area contributed by atoms with Gasteiger partial charge in [0.2, 0.25) is 0 Å². The third kappa shape index (κ3) is 3.31. The third-order valence-corrected chi connectivity index (χ3v) is 4.81. The van der Waals surface area contributed by atoms with Crippen LogP contribution in [0.1, 0.15) is 5.56 Å². The second-order valence-electron chi connectivity index (χ2n) is 6.69. The minimum atomic E-state index is -0.385. The van der Waals surface area contributed by atoms with Gasteiger partial charge in [0, 0.05) is 16.7 Å². The van der Waals surface area contributed by atoms with Crippen molar-refractivity contribution >= 4 is 0 Å². The monoisotopic (exact) mass is 374 g/mol. The summed E-state index contributed by atoms with van der Waals surface area (Å²) in [6, 6.07) is 22.8. The first kappa shape index (κ1) is 18.1. The Morgan fingerprint density at radius 3 is 1.46 bits per heavy atom. The van der Waals surface area contributed by atoms with Crippen molar-refractivity contribution in [1.82, 2.24) is 0 Å². The second kappa shape index (κ2) is 7.35. The summed E-state index contributed by atoms with van der Waals surface area (Å²) in [6.45, 7) is 1.82. The maximum atomic E-state index is 14.6. The van der Waals surface area contributed by atoms with E-state index in [-0.39, 0.29) is 17.5 Å². The highest BCUT2D eigenvalue weighted by Crippen LogP contribution is 2.36. The molecular formula is C25H17F3. The number of halogens is 3. The van der Waals surface area contributed by atoms with Crippen LogP contribution in [0.4, 0.5) is 13.2 Å². The predicted octanol–water partition coefficient (Wildman–Crippen LogP) is 7.41. The third-order valence-electron chi connectivity index (χ3n) is 4.81. The highest BCUT2D eigenvalue weighted by atomic mass is 19.1. The predicted molar refractivity (Wildman–Crippen MR) is 107 cm³/mol. The van der Waals surface area contributed by atoms with Gasteiger partial charge in [-0.05, 0) is 65.6 Å². The summed E-state index contributed by atoms with van der Waals surface area (Å²) in [7, 11) is 0. The highest BCUT2D eigenvalue weighted by Gasteiger charge is 2.15. The van der Waals surface area contributed by atoms with E-state index in [9.17, 15) is 13.2 Å². The molecule has 0 heterocycles. The van der Waals surface area contributed by atoms with Gasteiger partial charge in [0.25, 0.3) is 0 Å². The van der Waals surface area contributed by atoms with Gasteiger partial charge in [0.15, 0.2) is 0 Å². The van der Waals surface area contributed by atoms with E-state index < -0.39 is 0 Å². The molecule has 0 unspecified atom stereocenters. The first-order valence-electron chi connectivity index (χ1n) is 8.95. The molecule has 138 valence electrons. The fraction of sp³-hybridized carbons (Fsp3) is 0.0400. The van der Waals surface area contributed by atoms with Crippen molar-refractivity contribution in [2.75, 3.05) is 0 Å². The molecule has 4 aromatic carbocycles. The van der Waals surface area contributed by atoms with Gasteiger partial charge in [-0.1, -0.05) is 48.5 Å². The number of hydrogen-bond acceptors (Lipinski definition) is 0. The molecule has 0 spiro atoms. The average molecular weight is 374 g/mol. The lowest BCUT2D eigenvalue weighted by molar-refractivity contribution is 0.630. The quantitative estimate of drug-likeness (QED) is 0.350. The molecule has 0 nitrogen and oxygen atoms in total. The average Bonchev–Trinajstić information content (AvgIpc) is 2.68. The molecule has 0 bridgehead atoms. The van der Waals surface area contributed by atoms with Crippen LogP contribution in [0.25, 0.3) is 33.4 Å². The summed E-state index contributed by atoms with van der Waals surface area (Å²) in [5.41, 5.74) is 3.66. The van der Waals surface area contributed by atoms with Crippen molar-refractivity contribution in [1.29, 1.82) is 0 Å². The van der Waals surface area contributed by atoms with Crippen LogP contribution in [-0.4, -0.2) is 0 Å². The van der Waals surface area contributed by atoms with Gasteiger partial charge in [-0.15, -0.1) is 0 Å². The Labute approximate surface area is 161 Å². The Bertz CT molecular complexity index is 1080. The number of hydrogen-bond donors (Lipinski definition) is 0. The summed E-state index contributed by atoms with van der Waals surface area (Å²) in [5, 5.41) is 0. The van der Waals surface area contributed by atoms with Crippen LogP contribution in [0.3, 0.4) is 0 Å². The van der Waals surface area contributed by atoms with Crippen LogP contribution in [0.15, 0.2) is 84.9 Å². The molecule has 0 saturated carbocycles. The maximum absolute atomic E-state index is 14.6. The number of aryl methyl sites for hydroxylation is 1. The Morgan fingerprint density at radius 1 is 0.500 bits per heavy atom. The normalized spacial score (nSPS) is 10.9. The summed E-state index contributed by atoms with van der Waals surface area (Å²) < 4.78 is 43.5. The van der Waals surface area contributed by atoms with E-state index in [4.69, 9.17) is 0 Å². The van der Waals surface area contributed by atoms with Crippen molar-refractivity contribution in [2.24, 2.45) is 0 Å². The van der Waals surface area contributed by atoms with Crippen molar-refractivity contribution < 1.29 is 13.2 Å². The van der Waals surface area contributed by atoms with E-state index >= 15 is 0 Å². The first-order chi connectivity index (χ1) is 13.5. The minimum absolute atomic E-state index is 0.370. The Morgan fingerprint density at radius 2 is 0.964 bits per heavy atom. The van der Waals surface area contributed by atoms with Gasteiger partial charge < -0.3 is 0 Å². The molecule has 0 radical (unpaired) electrons. The van der Waals surface area contributed by atoms with E-state index in [2.05, 4.69) is 0 Å². The van der Waals surface area contributed by atoms with Crippen LogP contribution in [0.5, 0.6) is 0 Å². The van der Waals surface area contributed by atoms with Gasteiger partial charge in [-0.25, -0.2) is 13.2 Å². The lowest BCUT2D eigenvalue weighted by atomic mass is 9.91. The molecule has 4 rings (SSSR count). The molecule has 0 amide bonds. The van der Waals surface area contributed by atoms with Crippen LogP contribution in [0, 0.1) is 24.4 Å². The topological polar surface area (TPSA) is 0 Å². The van der Waals surface area contributed by atoms with E-state index in [1.165, 1.54) is 18.2 Å². The Hall–Kier alpha value is -3.33. The maximum Gasteiger partial charge on any atom is 0.131 e. The standard InChI is InChI=1S/C25H17F3/c1-16-7-6-12-24(28)25(16)19-14-17(20-8-2-4-10-22(20)26)13-18(15-19)21-9-3-5-11-23(21)27/h2-15H,1H3. The molecule has 0 saturated heterocycles. The molecule has 0 aliphatic carbocycles. The zero-order valence-electron chi connectivity index (χ0n) is 15.2. The van der Waals surface area contributed by atoms with Crippen LogP contribution < -0.4 is 0 Å². The largest absolute Gasteiger partial charge is 0.206 e. The fourth-order valence-corrected chi connectivity index (χ4v) is 3.47. The van der Waals surface area contributed by atoms with Gasteiger partial charge in [0.05, 0.1) is 0 Å². The summed E-state index contributed by atoms with van der Waals surface area (Å²) in [5.74, 6) is -1.14. The van der Waals surface area contributed by atoms with Gasteiger partial charge in [-0.2, -0.15) is 0 Å². The molecule has 0 aromatic heterocycles. The zero-order chi connectivity index (χ0) is 19.7. The smallest absolute Gasteiger partial charge is 0.131 e. The molecule has 3 heteroatoms. The molecule has 0 fully saturated rings. The first-order valence-corrected chi connectivity index (χ1v) is 8.95. The number of rotatable bonds is 3. The van der Waals surface area contributed by atoms with Crippen LogP contribution >= 0.6 is 0 Å². The molecule has 0 N–H and O–H groups in total. The summed E-state index contributed by atoms with van der Waals surface area (Å²) >= 11 is 0. The molecule has 0 aliphatic rings. The SMILES string of the molecule is Cc1cccc(F)c1-c1cc(-c2ccccc2F)cc(-c2ccccc2F)c1. The van der Waals surface area contributed by atoms with Gasteiger partial charge in [-0.3, -0.25) is 0 Å². The van der Waals surface area contributed by atoms with Crippen molar-refractivity contribution in [2.45, 2.75) is 6.92 Å². The Kier molecular flexibility index (Phi) is 4.74. The van der Waals surface area contributed by atoms with E-state index in [1.54, 1.807) is 60.7 Å². The lowest BCUT2D eigenvalue weighted by Gasteiger charge is -2.14. The van der Waals surface area contributed by atoms with E-state index in [0.717, 1.165) is 5.56 Å². The van der Waals surface area contributed by atoms with Gasteiger partial charge in [0.1, 0.15) is 17.5 Å². The lowest BCUT2D eigenvalue weighted by Crippen LogP contribution is -1.93. The molecule has 4 aromatic rings. The van der Waals surface area contributed by atoms with Gasteiger partial charge >= 0.3 is 0 Å². The second-order valence-corrected chi connectivity index (χ2v) is 6.69.